The van der Waals surface area contributed by atoms with Crippen molar-refractivity contribution in [3.05, 3.63) is 0 Å². The van der Waals surface area contributed by atoms with Gasteiger partial charge in [0.1, 0.15) is 0 Å². The van der Waals surface area contributed by atoms with Crippen LogP contribution in [0.3, 0.4) is 0 Å². The molecule has 0 saturated heterocycles. The molecular weight excluding hydrogens is 273 g/mol. The summed E-state index contributed by atoms with van der Waals surface area (Å²) >= 11 is 0.774. The Kier molecular flexibility index (Phi) is 106. The molecule has 0 aromatic heterocycles. The summed E-state index contributed by atoms with van der Waals surface area (Å²) in [6.45, 7) is 0. The molecule has 0 saturated carbocycles. The number of nitrogens with one attached hydrogen (secondary N) is 2. The predicted molar refractivity (Wildman–Crippen MR) is 59.5 cm³/mol. The normalized spacial score (nSPS) is 5.62. The largest absolute Gasteiger partial charge is 0.453 e. The summed E-state index contributed by atoms with van der Waals surface area (Å²) in [5.74, 6) is 0.0664. The molecule has 0 aromatic carbocycles. The summed E-state index contributed by atoms with van der Waals surface area (Å²) in [6.07, 6.45) is 0. The van der Waals surface area contributed by atoms with Crippen LogP contribution in [0.25, 0.3) is 0 Å². The highest BCUT2D eigenvalue weighted by atomic mass is 32.3. The monoisotopic (exact) mass is 293 g/mol. The molecule has 13 nitrogen and oxygen atoms in total. The van der Waals surface area contributed by atoms with Gasteiger partial charge in [-0.15, -0.1) is 0 Å². The smallest absolute Gasteiger partial charge is 0.394 e. The molecule has 0 aliphatic rings. The van der Waals surface area contributed by atoms with Crippen molar-refractivity contribution in [2.75, 3.05) is 0 Å². The molecule has 0 amide bonds. The van der Waals surface area contributed by atoms with Gasteiger partial charge in [-0.25, -0.2) is 0 Å². The van der Waals surface area contributed by atoms with Gasteiger partial charge in [-0.1, -0.05) is 0 Å². The quantitative estimate of drug-likeness (QED) is 0.125. The summed E-state index contributed by atoms with van der Waals surface area (Å²) in [5.41, 5.74) is 4.80. The van der Waals surface area contributed by atoms with Crippen LogP contribution < -0.4 is 10.0 Å². The van der Waals surface area contributed by atoms with E-state index >= 15 is 0 Å². The Bertz CT molecular complexity index is 184. The first-order chi connectivity index (χ1) is 4.27. The Morgan fingerprint density at radius 3 is 1.12 bits per heavy atom. The van der Waals surface area contributed by atoms with E-state index in [-0.39, 0.29) is 38.8 Å². The summed E-state index contributed by atoms with van der Waals surface area (Å²) in [6, 6.07) is 0. The molecular formula is CH20AlN3O10S. The molecule has 108 valence electrons. The van der Waals surface area contributed by atoms with Crippen LogP contribution >= 0.6 is 0 Å². The second-order valence-electron chi connectivity index (χ2n) is 1.11. The summed E-state index contributed by atoms with van der Waals surface area (Å²) in [5, 5.41) is 6.44. The van der Waals surface area contributed by atoms with E-state index in [2.05, 4.69) is 4.30 Å². The number of rotatable bonds is 0. The van der Waals surface area contributed by atoms with Gasteiger partial charge in [0, 0.05) is 0 Å². The van der Waals surface area contributed by atoms with E-state index in [1.807, 2.05) is 0 Å². The van der Waals surface area contributed by atoms with Crippen molar-refractivity contribution in [3.63, 3.8) is 0 Å². The number of guanidine groups is 1. The molecule has 0 spiro atoms. The maximum Gasteiger partial charge on any atom is 0.394 e. The van der Waals surface area contributed by atoms with Crippen LogP contribution in [0.2, 0.25) is 0 Å². The minimum atomic E-state index is -4.67. The molecule has 0 heterocycles. The Balaban J connectivity index is -0.00000000970. The lowest BCUT2D eigenvalue weighted by Gasteiger charge is -1.86. The summed E-state index contributed by atoms with van der Waals surface area (Å²) in [7, 11) is -4.67. The van der Waals surface area contributed by atoms with Crippen molar-refractivity contribution < 1.29 is 50.4 Å². The fourth-order valence-electron chi connectivity index (χ4n) is 0. The van der Waals surface area contributed by atoms with Crippen LogP contribution in [0.5, 0.6) is 0 Å². The molecule has 16 heavy (non-hydrogen) atoms. The summed E-state index contributed by atoms with van der Waals surface area (Å²) < 4.78 is 34.1. The predicted octanol–water partition coefficient (Wildman–Crippen LogP) is -7.58. The van der Waals surface area contributed by atoms with E-state index in [1.165, 1.54) is 0 Å². The van der Waals surface area contributed by atoms with Gasteiger partial charge in [0.05, 0.1) is 0 Å². The van der Waals surface area contributed by atoms with Crippen LogP contribution in [0.15, 0.2) is 0 Å². The van der Waals surface area contributed by atoms with Crippen molar-refractivity contribution in [1.82, 2.24) is 4.30 Å². The zero-order chi connectivity index (χ0) is 8.78. The highest BCUT2D eigenvalue weighted by Crippen LogP contribution is 1.59. The maximum atomic E-state index is 8.74. The van der Waals surface area contributed by atoms with Crippen molar-refractivity contribution >= 4 is 32.9 Å². The lowest BCUT2D eigenvalue weighted by atomic mass is 11.1. The minimum absolute atomic E-state index is 0. The van der Waals surface area contributed by atoms with Gasteiger partial charge >= 0.3 is 26.9 Å². The first kappa shape index (κ1) is 58.2. The van der Waals surface area contributed by atoms with Crippen LogP contribution in [0.1, 0.15) is 0 Å². The highest BCUT2D eigenvalue weighted by molar-refractivity contribution is 7.79. The van der Waals surface area contributed by atoms with Crippen LogP contribution in [-0.2, 0) is 10.4 Å². The molecule has 0 atom stereocenters. The minimum Gasteiger partial charge on any atom is -0.453 e. The third kappa shape index (κ3) is 1010. The van der Waals surface area contributed by atoms with E-state index in [0.29, 0.717) is 0 Å². The molecule has 0 fully saturated rings. The van der Waals surface area contributed by atoms with Gasteiger partial charge in [0.2, 0.25) is 0 Å². The van der Waals surface area contributed by atoms with E-state index in [1.54, 1.807) is 0 Å². The highest BCUT2D eigenvalue weighted by Gasteiger charge is 1.84. The maximum absolute atomic E-state index is 8.74. The Hall–Kier alpha value is -0.568. The SMILES string of the molecule is N=C(N)[NH][AlH2].O.O.O.O.O.O.O=S(=O)(O)O. The van der Waals surface area contributed by atoms with Crippen LogP contribution in [0.4, 0.5) is 0 Å². The van der Waals surface area contributed by atoms with Crippen molar-refractivity contribution in [2.24, 2.45) is 5.73 Å². The van der Waals surface area contributed by atoms with Crippen molar-refractivity contribution in [2.45, 2.75) is 0 Å². The van der Waals surface area contributed by atoms with Crippen molar-refractivity contribution in [1.29, 1.82) is 5.41 Å². The van der Waals surface area contributed by atoms with E-state index in [9.17, 15) is 0 Å². The first-order valence-electron chi connectivity index (χ1n) is 1.99. The average Bonchev–Trinajstić information content (AvgIpc) is 1.61. The molecule has 15 heteroatoms. The average molecular weight is 293 g/mol. The second kappa shape index (κ2) is 29.3. The zero-order valence-electron chi connectivity index (χ0n) is 8.20. The van der Waals surface area contributed by atoms with Crippen LogP contribution in [0, 0.1) is 5.41 Å². The van der Waals surface area contributed by atoms with Gasteiger partial charge in [0.25, 0.3) is 0 Å². The summed E-state index contributed by atoms with van der Waals surface area (Å²) in [4.78, 5) is 0. The molecule has 0 rings (SSSR count). The Morgan fingerprint density at radius 2 is 1.12 bits per heavy atom. The first-order valence-corrected chi connectivity index (χ1v) is 4.38. The molecule has 0 aliphatic carbocycles. The van der Waals surface area contributed by atoms with E-state index < -0.39 is 10.4 Å². The Labute approximate surface area is 99.2 Å². The van der Waals surface area contributed by atoms with Gasteiger partial charge in [0.15, 0.2) is 5.96 Å². The second-order valence-corrected chi connectivity index (χ2v) is 2.51. The van der Waals surface area contributed by atoms with Crippen LogP contribution in [-0.4, -0.2) is 72.9 Å². The van der Waals surface area contributed by atoms with Crippen molar-refractivity contribution in [3.8, 4) is 0 Å². The molecule has 0 aromatic rings. The standard InChI is InChI=1S/CH4N3.Al.H2O4S.6H2O.2H/c2-1(3)4;;1-5(2,3)4;;;;;;;;/h(H4-,2,3,4);;(H2,1,2,3,4);6*1H2;;/q-1;+1;;;;;;;;;. The number of hydrogen-bond donors (Lipinski definition) is 5. The fraction of sp³-hybridized carbons (Fsp3) is 0. The third-order valence-electron chi connectivity index (χ3n) is 0.269. The number of hydrogen-bond acceptors (Lipinski definition) is 3. The lowest BCUT2D eigenvalue weighted by molar-refractivity contribution is 0.381. The molecule has 0 bridgehead atoms. The lowest BCUT2D eigenvalue weighted by Crippen LogP contribution is -2.27. The number of nitrogens with two attached hydrogens (primary N) is 1. The zero-order valence-corrected chi connectivity index (χ0v) is 11.0. The third-order valence-corrected chi connectivity index (χ3v) is 0.808. The Morgan fingerprint density at radius 1 is 1.06 bits per heavy atom. The fourth-order valence-corrected chi connectivity index (χ4v) is 0. The molecule has 0 aliphatic heterocycles. The van der Waals surface area contributed by atoms with E-state index in [4.69, 9.17) is 28.7 Å². The van der Waals surface area contributed by atoms with Gasteiger partial charge in [-0.2, -0.15) is 8.42 Å². The van der Waals surface area contributed by atoms with Gasteiger partial charge < -0.3 is 42.9 Å². The topological polar surface area (TPSA) is 326 Å². The molecule has 18 N–H and O–H groups in total. The van der Waals surface area contributed by atoms with E-state index in [0.717, 1.165) is 16.5 Å². The molecule has 0 radical (unpaired) electrons. The van der Waals surface area contributed by atoms with Gasteiger partial charge in [-0.3, -0.25) is 14.5 Å². The van der Waals surface area contributed by atoms with Gasteiger partial charge in [-0.05, 0) is 0 Å². The molecule has 0 unspecified atom stereocenters.